The zero-order valence-corrected chi connectivity index (χ0v) is 10.1. The zero-order valence-electron chi connectivity index (χ0n) is 10.1. The molecule has 0 bridgehead atoms. The van der Waals surface area contributed by atoms with Crippen LogP contribution in [0.3, 0.4) is 0 Å². The van der Waals surface area contributed by atoms with E-state index < -0.39 is 0 Å². The monoisotopic (exact) mass is 198 g/mol. The lowest BCUT2D eigenvalue weighted by Crippen LogP contribution is -2.52. The van der Waals surface area contributed by atoms with Crippen molar-refractivity contribution in [2.75, 3.05) is 26.7 Å². The molecule has 0 aromatic rings. The molecule has 0 atom stereocenters. The molecular weight excluding hydrogens is 172 g/mol. The fraction of sp³-hybridized carbons (Fsp3) is 1.00. The molecule has 0 aliphatic carbocycles. The lowest BCUT2D eigenvalue weighted by molar-refractivity contribution is 0.147. The second kappa shape index (κ2) is 5.72. The Kier molecular flexibility index (Phi) is 4.90. The van der Waals surface area contributed by atoms with E-state index >= 15 is 0 Å². The lowest BCUT2D eigenvalue weighted by Gasteiger charge is -2.41. The summed E-state index contributed by atoms with van der Waals surface area (Å²) in [6.45, 7) is 8.15. The molecule has 0 unspecified atom stereocenters. The largest absolute Gasteiger partial charge is 0.311 e. The molecule has 0 saturated carbocycles. The van der Waals surface area contributed by atoms with Gasteiger partial charge in [0.1, 0.15) is 0 Å². The standard InChI is InChI=1S/C12H26N2/c1-4-6-7-12(13-5-2)8-10-14(3)11-9-12/h13H,4-11H2,1-3H3. The number of hydrogen-bond donors (Lipinski definition) is 1. The van der Waals surface area contributed by atoms with Crippen LogP contribution in [0.25, 0.3) is 0 Å². The van der Waals surface area contributed by atoms with E-state index in [-0.39, 0.29) is 0 Å². The predicted molar refractivity (Wildman–Crippen MR) is 62.7 cm³/mol. The second-order valence-electron chi connectivity index (χ2n) is 4.72. The van der Waals surface area contributed by atoms with Gasteiger partial charge in [-0.15, -0.1) is 0 Å². The van der Waals surface area contributed by atoms with Crippen molar-refractivity contribution in [3.8, 4) is 0 Å². The third-order valence-corrected chi connectivity index (χ3v) is 3.50. The minimum atomic E-state index is 0.470. The summed E-state index contributed by atoms with van der Waals surface area (Å²) in [6.07, 6.45) is 6.72. The van der Waals surface area contributed by atoms with Crippen molar-refractivity contribution in [3.63, 3.8) is 0 Å². The van der Waals surface area contributed by atoms with Crippen LogP contribution in [0.2, 0.25) is 0 Å². The van der Waals surface area contributed by atoms with Gasteiger partial charge in [0.25, 0.3) is 0 Å². The van der Waals surface area contributed by atoms with E-state index in [0.717, 1.165) is 6.54 Å². The molecule has 1 N–H and O–H groups in total. The maximum atomic E-state index is 3.73. The molecule has 0 spiro atoms. The molecule has 0 amide bonds. The van der Waals surface area contributed by atoms with Crippen LogP contribution in [0, 0.1) is 0 Å². The number of unbranched alkanes of at least 4 members (excludes halogenated alkanes) is 1. The van der Waals surface area contributed by atoms with E-state index in [1.54, 1.807) is 0 Å². The summed E-state index contributed by atoms with van der Waals surface area (Å²) < 4.78 is 0. The second-order valence-corrected chi connectivity index (χ2v) is 4.72. The molecule has 0 aromatic carbocycles. The van der Waals surface area contributed by atoms with E-state index in [1.807, 2.05) is 0 Å². The average molecular weight is 198 g/mol. The van der Waals surface area contributed by atoms with Crippen LogP contribution in [-0.2, 0) is 0 Å². The minimum absolute atomic E-state index is 0.470. The van der Waals surface area contributed by atoms with E-state index in [1.165, 1.54) is 45.2 Å². The topological polar surface area (TPSA) is 15.3 Å². The molecule has 2 heteroatoms. The van der Waals surface area contributed by atoms with Crippen LogP contribution >= 0.6 is 0 Å². The Labute approximate surface area is 89.1 Å². The number of rotatable bonds is 5. The highest BCUT2D eigenvalue weighted by Crippen LogP contribution is 2.26. The summed E-state index contributed by atoms with van der Waals surface area (Å²) in [5.74, 6) is 0. The fourth-order valence-corrected chi connectivity index (χ4v) is 2.45. The van der Waals surface area contributed by atoms with E-state index in [2.05, 4.69) is 31.1 Å². The first kappa shape index (κ1) is 12.0. The molecule has 2 nitrogen and oxygen atoms in total. The molecule has 14 heavy (non-hydrogen) atoms. The first-order valence-electron chi connectivity index (χ1n) is 6.16. The normalized spacial score (nSPS) is 22.5. The van der Waals surface area contributed by atoms with Crippen molar-refractivity contribution in [3.05, 3.63) is 0 Å². The van der Waals surface area contributed by atoms with Gasteiger partial charge in [-0.1, -0.05) is 26.7 Å². The Morgan fingerprint density at radius 1 is 1.21 bits per heavy atom. The maximum absolute atomic E-state index is 3.73. The summed E-state index contributed by atoms with van der Waals surface area (Å²) in [4.78, 5) is 2.45. The maximum Gasteiger partial charge on any atom is 0.0205 e. The van der Waals surface area contributed by atoms with Gasteiger partial charge >= 0.3 is 0 Å². The molecule has 1 aliphatic heterocycles. The van der Waals surface area contributed by atoms with Crippen molar-refractivity contribution < 1.29 is 0 Å². The van der Waals surface area contributed by atoms with Crippen LogP contribution in [0.4, 0.5) is 0 Å². The minimum Gasteiger partial charge on any atom is -0.311 e. The highest BCUT2D eigenvalue weighted by Gasteiger charge is 2.31. The van der Waals surface area contributed by atoms with E-state index in [0.29, 0.717) is 5.54 Å². The molecule has 0 aromatic heterocycles. The first-order valence-corrected chi connectivity index (χ1v) is 6.16. The van der Waals surface area contributed by atoms with Crippen LogP contribution in [0.5, 0.6) is 0 Å². The summed E-state index contributed by atoms with van der Waals surface area (Å²) in [7, 11) is 2.23. The summed E-state index contributed by atoms with van der Waals surface area (Å²) in [5, 5.41) is 3.73. The third-order valence-electron chi connectivity index (χ3n) is 3.50. The van der Waals surface area contributed by atoms with Gasteiger partial charge < -0.3 is 10.2 Å². The van der Waals surface area contributed by atoms with Gasteiger partial charge in [0, 0.05) is 5.54 Å². The van der Waals surface area contributed by atoms with Gasteiger partial charge in [0.2, 0.25) is 0 Å². The molecule has 1 fully saturated rings. The number of hydrogen-bond acceptors (Lipinski definition) is 2. The predicted octanol–water partition coefficient (Wildman–Crippen LogP) is 2.25. The van der Waals surface area contributed by atoms with Crippen molar-refractivity contribution in [1.82, 2.24) is 10.2 Å². The average Bonchev–Trinajstić information content (AvgIpc) is 2.20. The number of piperidine rings is 1. The van der Waals surface area contributed by atoms with E-state index in [9.17, 15) is 0 Å². The summed E-state index contributed by atoms with van der Waals surface area (Å²) in [5.41, 5.74) is 0.470. The Balaban J connectivity index is 2.44. The molecular formula is C12H26N2. The number of nitrogens with zero attached hydrogens (tertiary/aromatic N) is 1. The molecule has 1 aliphatic rings. The zero-order chi connectivity index (χ0) is 10.4. The Morgan fingerprint density at radius 3 is 2.36 bits per heavy atom. The molecule has 1 saturated heterocycles. The van der Waals surface area contributed by atoms with Crippen molar-refractivity contribution in [2.24, 2.45) is 0 Å². The quantitative estimate of drug-likeness (QED) is 0.729. The Morgan fingerprint density at radius 2 is 1.86 bits per heavy atom. The first-order chi connectivity index (χ1) is 6.72. The van der Waals surface area contributed by atoms with Crippen LogP contribution in [-0.4, -0.2) is 37.1 Å². The summed E-state index contributed by atoms with van der Waals surface area (Å²) >= 11 is 0. The van der Waals surface area contributed by atoms with Crippen molar-refractivity contribution in [1.29, 1.82) is 0 Å². The number of likely N-dealkylation sites (tertiary alicyclic amines) is 1. The molecule has 1 heterocycles. The molecule has 84 valence electrons. The fourth-order valence-electron chi connectivity index (χ4n) is 2.45. The SMILES string of the molecule is CCCCC1(NCC)CCN(C)CC1. The van der Waals surface area contributed by atoms with Gasteiger partial charge in [0.05, 0.1) is 0 Å². The highest BCUT2D eigenvalue weighted by molar-refractivity contribution is 4.92. The van der Waals surface area contributed by atoms with Crippen molar-refractivity contribution in [2.45, 2.75) is 51.5 Å². The Hall–Kier alpha value is -0.0800. The highest BCUT2D eigenvalue weighted by atomic mass is 15.1. The van der Waals surface area contributed by atoms with Crippen molar-refractivity contribution >= 4 is 0 Å². The van der Waals surface area contributed by atoms with Crippen LogP contribution < -0.4 is 5.32 Å². The van der Waals surface area contributed by atoms with Gasteiger partial charge in [-0.25, -0.2) is 0 Å². The van der Waals surface area contributed by atoms with Crippen LogP contribution in [0.1, 0.15) is 46.0 Å². The molecule has 0 radical (unpaired) electrons. The third kappa shape index (κ3) is 3.25. The van der Waals surface area contributed by atoms with Gasteiger partial charge in [-0.2, -0.15) is 0 Å². The molecule has 1 rings (SSSR count). The van der Waals surface area contributed by atoms with Gasteiger partial charge in [-0.3, -0.25) is 0 Å². The van der Waals surface area contributed by atoms with Crippen LogP contribution in [0.15, 0.2) is 0 Å². The summed E-state index contributed by atoms with van der Waals surface area (Å²) in [6, 6.07) is 0. The van der Waals surface area contributed by atoms with Gasteiger partial charge in [0.15, 0.2) is 0 Å². The number of nitrogens with one attached hydrogen (secondary N) is 1. The van der Waals surface area contributed by atoms with E-state index in [4.69, 9.17) is 0 Å². The lowest BCUT2D eigenvalue weighted by atomic mass is 9.83. The Bertz CT molecular complexity index is 143. The smallest absolute Gasteiger partial charge is 0.0205 e. The van der Waals surface area contributed by atoms with Gasteiger partial charge in [-0.05, 0) is 45.9 Å².